The molecule has 2 rings (SSSR count). The van der Waals surface area contributed by atoms with Crippen LogP contribution in [-0.4, -0.2) is 30.8 Å². The number of rotatable bonds is 2. The van der Waals surface area contributed by atoms with E-state index in [4.69, 9.17) is 4.74 Å². The second-order valence-electron chi connectivity index (χ2n) is 6.80. The maximum atomic E-state index is 13.7. The number of alkyl halides is 3. The first-order valence-electron chi connectivity index (χ1n) is 7.56. The highest BCUT2D eigenvalue weighted by molar-refractivity contribution is 5.68. The number of hydrogen-bond donors (Lipinski definition) is 1. The Morgan fingerprint density at radius 1 is 1.29 bits per heavy atom. The van der Waals surface area contributed by atoms with Crippen molar-refractivity contribution in [3.8, 4) is 0 Å². The van der Waals surface area contributed by atoms with Gasteiger partial charge in [-0.15, -0.1) is 0 Å². The summed E-state index contributed by atoms with van der Waals surface area (Å²) in [6, 6.07) is 2.81. The van der Waals surface area contributed by atoms with Gasteiger partial charge in [0, 0.05) is 24.2 Å². The normalized spacial score (nSPS) is 18.6. The van der Waals surface area contributed by atoms with E-state index in [9.17, 15) is 22.4 Å². The molecule has 4 nitrogen and oxygen atoms in total. The number of halogens is 4. The molecule has 1 N–H and O–H groups in total. The molecular weight excluding hydrogens is 328 g/mol. The lowest BCUT2D eigenvalue weighted by Gasteiger charge is -2.22. The van der Waals surface area contributed by atoms with Crippen LogP contribution < -0.4 is 10.2 Å². The summed E-state index contributed by atoms with van der Waals surface area (Å²) in [5.74, 6) is -1.31. The summed E-state index contributed by atoms with van der Waals surface area (Å²) < 4.78 is 56.7. The molecule has 1 aliphatic rings. The summed E-state index contributed by atoms with van der Waals surface area (Å²) in [6.07, 6.45) is -5.13. The summed E-state index contributed by atoms with van der Waals surface area (Å²) in [5.41, 5.74) is -1.38. The van der Waals surface area contributed by atoms with Gasteiger partial charge in [-0.1, -0.05) is 0 Å². The molecule has 0 unspecified atom stereocenters. The highest BCUT2D eigenvalue weighted by atomic mass is 19.4. The molecule has 1 heterocycles. The molecule has 0 aromatic heterocycles. The lowest BCUT2D eigenvalue weighted by molar-refractivity contribution is -0.139. The smallest absolute Gasteiger partial charge is 0.419 e. The van der Waals surface area contributed by atoms with Gasteiger partial charge < -0.3 is 15.0 Å². The number of benzene rings is 1. The van der Waals surface area contributed by atoms with Gasteiger partial charge in [-0.3, -0.25) is 0 Å². The Labute approximate surface area is 137 Å². The summed E-state index contributed by atoms with van der Waals surface area (Å²) in [5, 5.41) is 2.67. The molecule has 1 aromatic rings. The zero-order valence-electron chi connectivity index (χ0n) is 13.7. The summed E-state index contributed by atoms with van der Waals surface area (Å²) >= 11 is 0. The molecule has 0 saturated carbocycles. The van der Waals surface area contributed by atoms with Gasteiger partial charge in [0.25, 0.3) is 0 Å². The molecule has 1 amide bonds. The predicted molar refractivity (Wildman–Crippen MR) is 81.4 cm³/mol. The van der Waals surface area contributed by atoms with E-state index in [0.717, 1.165) is 12.1 Å². The summed E-state index contributed by atoms with van der Waals surface area (Å²) in [6.45, 7) is 6.24. The number of carbonyl (C=O) groups is 1. The Bertz CT molecular complexity index is 611. The molecule has 24 heavy (non-hydrogen) atoms. The standard InChI is InChI=1S/C16H20F4N2O2/c1-15(2,3)21-14(23)24-11-6-7-22(9-11)10-4-5-12(13(17)8-10)16(18,19)20/h4-5,8,11H,6-7,9H2,1-3H3,(H,21,23)/t11-/m1/s1. The number of hydrogen-bond acceptors (Lipinski definition) is 3. The van der Waals surface area contributed by atoms with E-state index in [-0.39, 0.29) is 0 Å². The van der Waals surface area contributed by atoms with E-state index in [1.807, 2.05) is 20.8 Å². The van der Waals surface area contributed by atoms with E-state index in [0.29, 0.717) is 25.2 Å². The minimum Gasteiger partial charge on any atom is -0.444 e. The van der Waals surface area contributed by atoms with Crippen molar-refractivity contribution in [2.45, 2.75) is 45.0 Å². The Morgan fingerprint density at radius 2 is 1.96 bits per heavy atom. The van der Waals surface area contributed by atoms with Crippen LogP contribution in [0.15, 0.2) is 18.2 Å². The average Bonchev–Trinajstić information content (AvgIpc) is 2.83. The number of nitrogens with one attached hydrogen (secondary N) is 1. The predicted octanol–water partition coefficient (Wildman–Crippen LogP) is 3.95. The molecule has 0 aliphatic carbocycles. The Kier molecular flexibility index (Phi) is 4.96. The van der Waals surface area contributed by atoms with E-state index in [1.54, 1.807) is 4.90 Å². The van der Waals surface area contributed by atoms with Crippen molar-refractivity contribution in [2.75, 3.05) is 18.0 Å². The Hall–Kier alpha value is -1.99. The molecule has 1 saturated heterocycles. The van der Waals surface area contributed by atoms with Crippen molar-refractivity contribution in [1.29, 1.82) is 0 Å². The molecule has 0 bridgehead atoms. The quantitative estimate of drug-likeness (QED) is 0.823. The summed E-state index contributed by atoms with van der Waals surface area (Å²) in [4.78, 5) is 13.4. The van der Waals surface area contributed by atoms with Crippen LogP contribution in [-0.2, 0) is 10.9 Å². The van der Waals surface area contributed by atoms with Gasteiger partial charge in [-0.25, -0.2) is 9.18 Å². The zero-order chi connectivity index (χ0) is 18.1. The lowest BCUT2D eigenvalue weighted by atomic mass is 10.1. The fourth-order valence-electron chi connectivity index (χ4n) is 2.48. The molecule has 0 spiro atoms. The van der Waals surface area contributed by atoms with Crippen molar-refractivity contribution in [3.63, 3.8) is 0 Å². The van der Waals surface area contributed by atoms with Crippen LogP contribution in [0.4, 0.5) is 28.0 Å². The maximum absolute atomic E-state index is 13.7. The van der Waals surface area contributed by atoms with Crippen molar-refractivity contribution < 1.29 is 27.1 Å². The first-order valence-corrected chi connectivity index (χ1v) is 7.56. The van der Waals surface area contributed by atoms with E-state index in [2.05, 4.69) is 5.32 Å². The van der Waals surface area contributed by atoms with Gasteiger partial charge in [0.05, 0.1) is 12.1 Å². The molecule has 134 valence electrons. The minimum atomic E-state index is -4.72. The van der Waals surface area contributed by atoms with E-state index in [1.165, 1.54) is 6.07 Å². The fraction of sp³-hybridized carbons (Fsp3) is 0.562. The van der Waals surface area contributed by atoms with Crippen molar-refractivity contribution >= 4 is 11.8 Å². The van der Waals surface area contributed by atoms with Gasteiger partial charge in [0.1, 0.15) is 11.9 Å². The minimum absolute atomic E-state index is 0.308. The topological polar surface area (TPSA) is 41.6 Å². The van der Waals surface area contributed by atoms with Crippen molar-refractivity contribution in [3.05, 3.63) is 29.6 Å². The highest BCUT2D eigenvalue weighted by Crippen LogP contribution is 2.33. The zero-order valence-corrected chi connectivity index (χ0v) is 13.7. The third-order valence-electron chi connectivity index (χ3n) is 3.52. The number of alkyl carbamates (subject to hydrolysis) is 1. The first kappa shape index (κ1) is 18.4. The first-order chi connectivity index (χ1) is 11.0. The van der Waals surface area contributed by atoms with Crippen LogP contribution in [0.1, 0.15) is 32.8 Å². The van der Waals surface area contributed by atoms with Gasteiger partial charge in [-0.2, -0.15) is 13.2 Å². The maximum Gasteiger partial charge on any atom is 0.419 e. The average molecular weight is 348 g/mol. The largest absolute Gasteiger partial charge is 0.444 e. The van der Waals surface area contributed by atoms with E-state index >= 15 is 0 Å². The number of amides is 1. The Morgan fingerprint density at radius 3 is 2.50 bits per heavy atom. The van der Waals surface area contributed by atoms with Crippen LogP contribution in [0, 0.1) is 5.82 Å². The SMILES string of the molecule is CC(C)(C)NC(=O)O[C@@H]1CCN(c2ccc(C(F)(F)F)c(F)c2)C1. The molecule has 0 radical (unpaired) electrons. The third-order valence-corrected chi connectivity index (χ3v) is 3.52. The van der Waals surface area contributed by atoms with Crippen LogP contribution in [0.5, 0.6) is 0 Å². The fourth-order valence-corrected chi connectivity index (χ4v) is 2.48. The molecule has 1 fully saturated rings. The molecule has 1 atom stereocenters. The monoisotopic (exact) mass is 348 g/mol. The van der Waals surface area contributed by atoms with Crippen molar-refractivity contribution in [2.24, 2.45) is 0 Å². The highest BCUT2D eigenvalue weighted by Gasteiger charge is 2.35. The number of ether oxygens (including phenoxy) is 1. The lowest BCUT2D eigenvalue weighted by Crippen LogP contribution is -2.42. The molecular formula is C16H20F4N2O2. The van der Waals surface area contributed by atoms with Gasteiger partial charge in [0.15, 0.2) is 0 Å². The molecule has 1 aromatic carbocycles. The van der Waals surface area contributed by atoms with Gasteiger partial charge in [0.2, 0.25) is 0 Å². The second kappa shape index (κ2) is 6.49. The number of anilines is 1. The third kappa shape index (κ3) is 4.75. The Balaban J connectivity index is 1.98. The second-order valence-corrected chi connectivity index (χ2v) is 6.80. The number of carbonyl (C=O) groups excluding carboxylic acids is 1. The van der Waals surface area contributed by atoms with Crippen LogP contribution in [0.25, 0.3) is 0 Å². The van der Waals surface area contributed by atoms with Crippen LogP contribution >= 0.6 is 0 Å². The molecule has 1 aliphatic heterocycles. The van der Waals surface area contributed by atoms with Crippen molar-refractivity contribution in [1.82, 2.24) is 5.32 Å². The summed E-state index contributed by atoms with van der Waals surface area (Å²) in [7, 11) is 0. The van der Waals surface area contributed by atoms with Crippen LogP contribution in [0.2, 0.25) is 0 Å². The number of nitrogens with zero attached hydrogens (tertiary/aromatic N) is 1. The van der Waals surface area contributed by atoms with Gasteiger partial charge in [-0.05, 0) is 39.0 Å². The molecule has 8 heteroatoms. The van der Waals surface area contributed by atoms with Gasteiger partial charge >= 0.3 is 12.3 Å². The van der Waals surface area contributed by atoms with E-state index < -0.39 is 35.3 Å². The van der Waals surface area contributed by atoms with Crippen LogP contribution in [0.3, 0.4) is 0 Å².